The predicted octanol–water partition coefficient (Wildman–Crippen LogP) is 4.47. The van der Waals surface area contributed by atoms with Crippen LogP contribution < -0.4 is 19.6 Å². The van der Waals surface area contributed by atoms with Crippen LogP contribution in [0.5, 0.6) is 17.2 Å². The number of hydrogen-bond donors (Lipinski definition) is 0. The van der Waals surface area contributed by atoms with E-state index in [1.165, 1.54) is 27.6 Å². The fourth-order valence-electron chi connectivity index (χ4n) is 4.47. The molecule has 1 aliphatic heterocycles. The maximum atomic E-state index is 13.7. The lowest BCUT2D eigenvalue weighted by Gasteiger charge is -2.25. The highest BCUT2D eigenvalue weighted by Crippen LogP contribution is 2.45. The van der Waals surface area contributed by atoms with Crippen molar-refractivity contribution in [2.75, 3.05) is 21.3 Å². The minimum absolute atomic E-state index is 0.0201. The number of carbonyl (C=O) groups is 1. The summed E-state index contributed by atoms with van der Waals surface area (Å²) in [4.78, 5) is 28.9. The molecular weight excluding hydrogens is 438 g/mol. The number of furan rings is 1. The number of hydrogen-bond acceptors (Lipinski definition) is 7. The van der Waals surface area contributed by atoms with Gasteiger partial charge < -0.3 is 27.9 Å². The van der Waals surface area contributed by atoms with Crippen molar-refractivity contribution >= 4 is 16.9 Å². The zero-order valence-electron chi connectivity index (χ0n) is 19.2. The van der Waals surface area contributed by atoms with Gasteiger partial charge in [-0.3, -0.25) is 9.59 Å². The first-order chi connectivity index (χ1) is 16.5. The summed E-state index contributed by atoms with van der Waals surface area (Å²) >= 11 is 0. The first-order valence-electron chi connectivity index (χ1n) is 10.7. The molecule has 0 bridgehead atoms. The number of benzene rings is 2. The molecule has 4 aromatic rings. The van der Waals surface area contributed by atoms with Crippen molar-refractivity contribution in [3.05, 3.63) is 87.2 Å². The number of carbonyl (C=O) groups excluding carboxylic acids is 1. The summed E-state index contributed by atoms with van der Waals surface area (Å²) in [6.07, 6.45) is 1.54. The van der Waals surface area contributed by atoms with E-state index in [-0.39, 0.29) is 23.3 Å². The summed E-state index contributed by atoms with van der Waals surface area (Å²) in [6.45, 7) is 2.04. The van der Waals surface area contributed by atoms with Crippen LogP contribution in [0.15, 0.2) is 62.4 Å². The minimum atomic E-state index is -0.748. The van der Waals surface area contributed by atoms with Gasteiger partial charge in [-0.15, -0.1) is 0 Å². The van der Waals surface area contributed by atoms with Gasteiger partial charge in [0.05, 0.1) is 51.1 Å². The monoisotopic (exact) mass is 461 g/mol. The molecule has 174 valence electrons. The van der Waals surface area contributed by atoms with Gasteiger partial charge in [-0.1, -0.05) is 11.6 Å². The van der Waals surface area contributed by atoms with Gasteiger partial charge in [0.15, 0.2) is 16.9 Å². The van der Waals surface area contributed by atoms with Crippen molar-refractivity contribution in [3.8, 4) is 17.2 Å². The number of amides is 1. The maximum Gasteiger partial charge on any atom is 0.291 e. The molecule has 0 aliphatic carbocycles. The summed E-state index contributed by atoms with van der Waals surface area (Å²) in [5.41, 5.74) is 1.91. The second kappa shape index (κ2) is 8.30. The van der Waals surface area contributed by atoms with E-state index in [0.29, 0.717) is 39.5 Å². The predicted molar refractivity (Wildman–Crippen MR) is 124 cm³/mol. The highest BCUT2D eigenvalue weighted by Gasteiger charge is 2.43. The zero-order chi connectivity index (χ0) is 24.0. The fourth-order valence-corrected chi connectivity index (χ4v) is 4.47. The van der Waals surface area contributed by atoms with Gasteiger partial charge in [0, 0.05) is 0 Å². The quantitative estimate of drug-likeness (QED) is 0.418. The molecule has 1 amide bonds. The minimum Gasteiger partial charge on any atom is -0.493 e. The SMILES string of the molecule is COc1cc([C@@H]2c3c(oc4ccc(C)cc4c3=O)C(=O)N2Cc2ccco2)cc(OC)c1OC. The van der Waals surface area contributed by atoms with E-state index in [4.69, 9.17) is 23.0 Å². The Labute approximate surface area is 195 Å². The molecule has 0 spiro atoms. The molecule has 8 nitrogen and oxygen atoms in total. The van der Waals surface area contributed by atoms with Crippen LogP contribution in [0.25, 0.3) is 11.0 Å². The Balaban J connectivity index is 1.78. The second-order valence-electron chi connectivity index (χ2n) is 8.05. The van der Waals surface area contributed by atoms with Crippen LogP contribution in [0.3, 0.4) is 0 Å². The Morgan fingerprint density at radius 3 is 2.32 bits per heavy atom. The maximum absolute atomic E-state index is 13.7. The van der Waals surface area contributed by atoms with Crippen LogP contribution in [0.1, 0.15) is 39.0 Å². The van der Waals surface area contributed by atoms with Gasteiger partial charge in [0.25, 0.3) is 5.91 Å². The van der Waals surface area contributed by atoms with Gasteiger partial charge in [-0.25, -0.2) is 0 Å². The van der Waals surface area contributed by atoms with Crippen LogP contribution >= 0.6 is 0 Å². The molecule has 3 heterocycles. The van der Waals surface area contributed by atoms with Gasteiger partial charge >= 0.3 is 0 Å². The number of methoxy groups -OCH3 is 3. The van der Waals surface area contributed by atoms with E-state index in [0.717, 1.165) is 5.56 Å². The standard InChI is InChI=1S/C26H23NO7/c1-14-7-8-18-17(10-14)23(28)21-22(15-11-19(30-2)24(32-4)20(12-15)31-3)27(26(29)25(21)34-18)13-16-6-5-9-33-16/h5-12,22H,13H2,1-4H3/t22-/m1/s1. The number of ether oxygens (including phenoxy) is 3. The average molecular weight is 461 g/mol. The van der Waals surface area contributed by atoms with Crippen molar-refractivity contribution < 1.29 is 27.8 Å². The normalized spacial score (nSPS) is 15.0. The molecule has 0 saturated heterocycles. The third-order valence-electron chi connectivity index (χ3n) is 6.03. The molecule has 8 heteroatoms. The fraction of sp³-hybridized carbons (Fsp3) is 0.231. The first-order valence-corrected chi connectivity index (χ1v) is 10.7. The van der Waals surface area contributed by atoms with E-state index in [2.05, 4.69) is 0 Å². The molecule has 5 rings (SSSR count). The largest absolute Gasteiger partial charge is 0.493 e. The van der Waals surface area contributed by atoms with E-state index < -0.39 is 11.9 Å². The van der Waals surface area contributed by atoms with E-state index >= 15 is 0 Å². The summed E-state index contributed by atoms with van der Waals surface area (Å²) in [5.74, 6) is 1.44. The van der Waals surface area contributed by atoms with Gasteiger partial charge in [-0.05, 0) is 48.9 Å². The molecule has 2 aromatic heterocycles. The average Bonchev–Trinajstić information content (AvgIpc) is 3.46. The first kappa shape index (κ1) is 21.6. The van der Waals surface area contributed by atoms with Crippen molar-refractivity contribution in [1.82, 2.24) is 4.90 Å². The van der Waals surface area contributed by atoms with Gasteiger partial charge in [-0.2, -0.15) is 0 Å². The van der Waals surface area contributed by atoms with Gasteiger partial charge in [0.1, 0.15) is 11.3 Å². The zero-order valence-corrected chi connectivity index (χ0v) is 19.2. The second-order valence-corrected chi connectivity index (χ2v) is 8.05. The van der Waals surface area contributed by atoms with Crippen LogP contribution in [0.2, 0.25) is 0 Å². The molecule has 0 N–H and O–H groups in total. The topological polar surface area (TPSA) is 91.4 Å². The Morgan fingerprint density at radius 1 is 0.971 bits per heavy atom. The van der Waals surface area contributed by atoms with Crippen molar-refractivity contribution in [1.29, 1.82) is 0 Å². The highest BCUT2D eigenvalue weighted by atomic mass is 16.5. The number of aryl methyl sites for hydroxylation is 1. The number of nitrogens with zero attached hydrogens (tertiary/aromatic N) is 1. The van der Waals surface area contributed by atoms with Crippen molar-refractivity contribution in [2.45, 2.75) is 19.5 Å². The Kier molecular flexibility index (Phi) is 5.28. The summed E-state index contributed by atoms with van der Waals surface area (Å²) in [5, 5.41) is 0.420. The summed E-state index contributed by atoms with van der Waals surface area (Å²) in [7, 11) is 4.54. The summed E-state index contributed by atoms with van der Waals surface area (Å²) in [6, 6.07) is 11.6. The Hall–Kier alpha value is -4.20. The molecule has 0 saturated carbocycles. The molecule has 1 atom stereocenters. The third kappa shape index (κ3) is 3.30. The lowest BCUT2D eigenvalue weighted by molar-refractivity contribution is 0.0701. The summed E-state index contributed by atoms with van der Waals surface area (Å²) < 4.78 is 28.0. The molecule has 34 heavy (non-hydrogen) atoms. The number of rotatable bonds is 6. The highest BCUT2D eigenvalue weighted by molar-refractivity contribution is 5.99. The van der Waals surface area contributed by atoms with Crippen molar-refractivity contribution in [3.63, 3.8) is 0 Å². The van der Waals surface area contributed by atoms with Crippen LogP contribution in [-0.2, 0) is 6.54 Å². The van der Waals surface area contributed by atoms with Crippen molar-refractivity contribution in [2.24, 2.45) is 0 Å². The van der Waals surface area contributed by atoms with E-state index in [9.17, 15) is 9.59 Å². The molecule has 0 radical (unpaired) electrons. The molecule has 0 unspecified atom stereocenters. The molecule has 2 aromatic carbocycles. The molecule has 1 aliphatic rings. The molecule has 0 fully saturated rings. The lowest BCUT2D eigenvalue weighted by atomic mass is 9.97. The Morgan fingerprint density at radius 2 is 1.71 bits per heavy atom. The lowest BCUT2D eigenvalue weighted by Crippen LogP contribution is -2.29. The smallest absolute Gasteiger partial charge is 0.291 e. The van der Waals surface area contributed by atoms with Crippen LogP contribution in [0.4, 0.5) is 0 Å². The third-order valence-corrected chi connectivity index (χ3v) is 6.03. The number of fused-ring (bicyclic) bond motifs is 2. The van der Waals surface area contributed by atoms with E-state index in [1.807, 2.05) is 13.0 Å². The van der Waals surface area contributed by atoms with Gasteiger partial charge in [0.2, 0.25) is 11.5 Å². The van der Waals surface area contributed by atoms with E-state index in [1.54, 1.807) is 41.3 Å². The van der Waals surface area contributed by atoms with Crippen LogP contribution in [-0.4, -0.2) is 32.1 Å². The Bertz CT molecular complexity index is 1430. The molecular formula is C26H23NO7. The van der Waals surface area contributed by atoms with Crippen LogP contribution in [0, 0.1) is 6.92 Å².